The average molecular weight is 244 g/mol. The highest BCUT2D eigenvalue weighted by molar-refractivity contribution is 6.00. The van der Waals surface area contributed by atoms with E-state index in [4.69, 9.17) is 5.73 Å². The number of rotatable bonds is 4. The van der Waals surface area contributed by atoms with Crippen molar-refractivity contribution >= 4 is 22.1 Å². The molecule has 0 saturated carbocycles. The summed E-state index contributed by atoms with van der Waals surface area (Å²) in [7, 11) is 0. The van der Waals surface area contributed by atoms with Crippen LogP contribution in [0.5, 0.6) is 0 Å². The molecule has 6 nitrogen and oxygen atoms in total. The van der Waals surface area contributed by atoms with E-state index in [2.05, 4.69) is 27.3 Å². The Morgan fingerprint density at radius 2 is 2.39 bits per heavy atom. The molecule has 3 rings (SSSR count). The van der Waals surface area contributed by atoms with Crippen LogP contribution in [0.15, 0.2) is 24.8 Å². The van der Waals surface area contributed by atoms with Crippen molar-refractivity contribution in [2.75, 3.05) is 12.0 Å². The van der Waals surface area contributed by atoms with E-state index < -0.39 is 0 Å². The van der Waals surface area contributed by atoms with Gasteiger partial charge in [-0.05, 0) is 12.5 Å². The summed E-state index contributed by atoms with van der Waals surface area (Å²) in [4.78, 5) is 11.8. The Labute approximate surface area is 104 Å². The Morgan fingerprint density at radius 1 is 1.50 bits per heavy atom. The fourth-order valence-electron chi connectivity index (χ4n) is 2.11. The van der Waals surface area contributed by atoms with Gasteiger partial charge in [0, 0.05) is 18.1 Å². The standard InChI is InChI=1S/C12H16N6/c1-2-8(5-13)17-18-7-16-10-6-15-12-9(11(10)18)3-4-14-12/h3-4,6-8,17H,2,5,13H2,1H3,(H,14,15). The minimum absolute atomic E-state index is 0.240. The average Bonchev–Trinajstić information content (AvgIpc) is 3.01. The summed E-state index contributed by atoms with van der Waals surface area (Å²) in [5.74, 6) is 0. The van der Waals surface area contributed by atoms with E-state index >= 15 is 0 Å². The molecule has 0 spiro atoms. The number of aromatic amines is 1. The Bertz CT molecular complexity index is 663. The number of nitrogens with zero attached hydrogens (tertiary/aromatic N) is 3. The van der Waals surface area contributed by atoms with Gasteiger partial charge in [0.25, 0.3) is 0 Å². The SMILES string of the molecule is CCC(CN)Nn1cnc2cnc3[nH]ccc3c21. The van der Waals surface area contributed by atoms with Crippen LogP contribution in [0.25, 0.3) is 22.1 Å². The van der Waals surface area contributed by atoms with E-state index in [0.29, 0.717) is 6.54 Å². The molecule has 0 saturated heterocycles. The van der Waals surface area contributed by atoms with Crippen molar-refractivity contribution in [2.45, 2.75) is 19.4 Å². The number of H-pyrrole nitrogens is 1. The van der Waals surface area contributed by atoms with Crippen LogP contribution >= 0.6 is 0 Å². The number of hydrogen-bond donors (Lipinski definition) is 3. The third-order valence-electron chi connectivity index (χ3n) is 3.19. The highest BCUT2D eigenvalue weighted by Crippen LogP contribution is 2.21. The van der Waals surface area contributed by atoms with Crippen molar-refractivity contribution in [3.8, 4) is 0 Å². The Morgan fingerprint density at radius 3 is 3.17 bits per heavy atom. The second-order valence-corrected chi connectivity index (χ2v) is 4.32. The maximum absolute atomic E-state index is 5.72. The van der Waals surface area contributed by atoms with Crippen molar-refractivity contribution in [3.63, 3.8) is 0 Å². The van der Waals surface area contributed by atoms with Gasteiger partial charge in [-0.3, -0.25) is 0 Å². The van der Waals surface area contributed by atoms with Gasteiger partial charge in [0.15, 0.2) is 0 Å². The van der Waals surface area contributed by atoms with Crippen molar-refractivity contribution in [1.82, 2.24) is 19.6 Å². The predicted molar refractivity (Wildman–Crippen MR) is 71.9 cm³/mol. The Balaban J connectivity index is 2.14. The molecule has 0 radical (unpaired) electrons. The number of nitrogens with one attached hydrogen (secondary N) is 2. The molecule has 3 heterocycles. The fourth-order valence-corrected chi connectivity index (χ4v) is 2.11. The van der Waals surface area contributed by atoms with Gasteiger partial charge in [-0.15, -0.1) is 0 Å². The lowest BCUT2D eigenvalue weighted by Crippen LogP contribution is -2.33. The second-order valence-electron chi connectivity index (χ2n) is 4.32. The van der Waals surface area contributed by atoms with Crippen LogP contribution in [0.4, 0.5) is 0 Å². The highest BCUT2D eigenvalue weighted by atomic mass is 15.4. The molecule has 1 unspecified atom stereocenters. The first kappa shape index (κ1) is 11.0. The van der Waals surface area contributed by atoms with E-state index in [9.17, 15) is 0 Å². The molecule has 0 aliphatic heterocycles. The molecule has 18 heavy (non-hydrogen) atoms. The summed E-state index contributed by atoms with van der Waals surface area (Å²) in [6, 6.07) is 2.25. The molecule has 1 atom stereocenters. The van der Waals surface area contributed by atoms with Crippen LogP contribution < -0.4 is 11.2 Å². The van der Waals surface area contributed by atoms with Crippen molar-refractivity contribution in [2.24, 2.45) is 5.73 Å². The largest absolute Gasteiger partial charge is 0.346 e. The highest BCUT2D eigenvalue weighted by Gasteiger charge is 2.11. The molecule has 3 aromatic rings. The molecule has 3 aromatic heterocycles. The van der Waals surface area contributed by atoms with Gasteiger partial charge in [-0.2, -0.15) is 0 Å². The first-order valence-corrected chi connectivity index (χ1v) is 6.09. The third kappa shape index (κ3) is 1.62. The third-order valence-corrected chi connectivity index (χ3v) is 3.19. The van der Waals surface area contributed by atoms with Gasteiger partial charge in [-0.25, -0.2) is 14.6 Å². The summed E-state index contributed by atoms with van der Waals surface area (Å²) in [5.41, 5.74) is 11.9. The van der Waals surface area contributed by atoms with Gasteiger partial charge >= 0.3 is 0 Å². The van der Waals surface area contributed by atoms with Gasteiger partial charge in [0.1, 0.15) is 23.0 Å². The first-order chi connectivity index (χ1) is 8.83. The molecule has 6 heteroatoms. The summed E-state index contributed by atoms with van der Waals surface area (Å²) in [5, 5.41) is 1.06. The minimum Gasteiger partial charge on any atom is -0.346 e. The van der Waals surface area contributed by atoms with Crippen molar-refractivity contribution in [1.29, 1.82) is 0 Å². The molecule has 4 N–H and O–H groups in total. The Kier molecular flexibility index (Phi) is 2.64. The van der Waals surface area contributed by atoms with E-state index in [0.717, 1.165) is 28.5 Å². The predicted octanol–water partition coefficient (Wildman–Crippen LogP) is 1.19. The zero-order valence-corrected chi connectivity index (χ0v) is 10.2. The molecular formula is C12H16N6. The maximum atomic E-state index is 5.72. The zero-order chi connectivity index (χ0) is 12.5. The van der Waals surface area contributed by atoms with Crippen LogP contribution in [0.3, 0.4) is 0 Å². The van der Waals surface area contributed by atoms with Crippen molar-refractivity contribution < 1.29 is 0 Å². The quantitative estimate of drug-likeness (QED) is 0.643. The fraction of sp³-hybridized carbons (Fsp3) is 0.333. The summed E-state index contributed by atoms with van der Waals surface area (Å²) >= 11 is 0. The van der Waals surface area contributed by atoms with Gasteiger partial charge in [0.2, 0.25) is 0 Å². The van der Waals surface area contributed by atoms with Crippen LogP contribution in [0.2, 0.25) is 0 Å². The Hall–Kier alpha value is -2.08. The minimum atomic E-state index is 0.240. The monoisotopic (exact) mass is 244 g/mol. The molecule has 0 fully saturated rings. The van der Waals surface area contributed by atoms with Gasteiger partial charge < -0.3 is 16.1 Å². The lowest BCUT2D eigenvalue weighted by atomic mass is 10.2. The summed E-state index contributed by atoms with van der Waals surface area (Å²) in [6.45, 7) is 2.70. The maximum Gasteiger partial charge on any atom is 0.139 e. The summed E-state index contributed by atoms with van der Waals surface area (Å²) < 4.78 is 1.94. The number of fused-ring (bicyclic) bond motifs is 3. The molecular weight excluding hydrogens is 228 g/mol. The first-order valence-electron chi connectivity index (χ1n) is 6.09. The molecule has 0 bridgehead atoms. The number of imidazole rings is 1. The van der Waals surface area contributed by atoms with E-state index in [-0.39, 0.29) is 6.04 Å². The molecule has 0 aliphatic carbocycles. The van der Waals surface area contributed by atoms with E-state index in [1.54, 1.807) is 12.5 Å². The molecule has 94 valence electrons. The normalized spacial score (nSPS) is 13.2. The number of pyridine rings is 1. The number of aromatic nitrogens is 4. The van der Waals surface area contributed by atoms with Crippen LogP contribution in [0.1, 0.15) is 13.3 Å². The lowest BCUT2D eigenvalue weighted by molar-refractivity contribution is 0.632. The second kappa shape index (κ2) is 4.30. The molecule has 0 amide bonds. The van der Waals surface area contributed by atoms with Crippen LogP contribution in [0, 0.1) is 0 Å². The smallest absolute Gasteiger partial charge is 0.139 e. The van der Waals surface area contributed by atoms with E-state index in [1.165, 1.54) is 0 Å². The van der Waals surface area contributed by atoms with Gasteiger partial charge in [0.05, 0.1) is 12.2 Å². The molecule has 0 aromatic carbocycles. The van der Waals surface area contributed by atoms with Gasteiger partial charge in [-0.1, -0.05) is 6.92 Å². The summed E-state index contributed by atoms with van der Waals surface area (Å²) in [6.07, 6.45) is 6.40. The van der Waals surface area contributed by atoms with Crippen molar-refractivity contribution in [3.05, 3.63) is 24.8 Å². The van der Waals surface area contributed by atoms with Crippen LogP contribution in [-0.2, 0) is 0 Å². The zero-order valence-electron chi connectivity index (χ0n) is 10.2. The van der Waals surface area contributed by atoms with E-state index in [1.807, 2.05) is 16.9 Å². The number of nitrogens with two attached hydrogens (primary N) is 1. The number of hydrogen-bond acceptors (Lipinski definition) is 4. The topological polar surface area (TPSA) is 84.5 Å². The molecule has 0 aliphatic rings. The van der Waals surface area contributed by atoms with Crippen LogP contribution in [-0.4, -0.2) is 32.2 Å². The lowest BCUT2D eigenvalue weighted by Gasteiger charge is -2.17.